The maximum Gasteiger partial charge on any atom is 0.316 e. The summed E-state index contributed by atoms with van der Waals surface area (Å²) in [5, 5.41) is 34.9. The van der Waals surface area contributed by atoms with Gasteiger partial charge in [0.15, 0.2) is 6.10 Å². The topological polar surface area (TPSA) is 325 Å². The number of aromatic nitrogens is 2. The number of hydrogen-bond acceptors (Lipinski definition) is 16. The van der Waals surface area contributed by atoms with Gasteiger partial charge in [-0.2, -0.15) is 0 Å². The summed E-state index contributed by atoms with van der Waals surface area (Å²) in [7, 11) is 0. The van der Waals surface area contributed by atoms with Gasteiger partial charge in [-0.15, -0.1) is 6.58 Å². The molecule has 2 aliphatic carbocycles. The van der Waals surface area contributed by atoms with E-state index in [0.717, 1.165) is 37.5 Å². The summed E-state index contributed by atoms with van der Waals surface area (Å²) in [4.78, 5) is 136. The molecule has 23 nitrogen and oxygen atoms in total. The van der Waals surface area contributed by atoms with Crippen LogP contribution in [0.15, 0.2) is 83.9 Å². The van der Waals surface area contributed by atoms with Crippen molar-refractivity contribution in [2.45, 2.75) is 194 Å². The molecule has 2 saturated heterocycles. The fourth-order valence-corrected chi connectivity index (χ4v) is 12.1. The Labute approximate surface area is 545 Å². The highest BCUT2D eigenvalue weighted by Gasteiger charge is 2.46. The molecule has 1 spiro atoms. The number of carboxylic acid groups (broad SMARTS) is 1. The summed E-state index contributed by atoms with van der Waals surface area (Å²) in [5.74, 6) is -4.31. The maximum absolute atomic E-state index is 13.9. The predicted molar refractivity (Wildman–Crippen MR) is 349 cm³/mol. The molecule has 92 heavy (non-hydrogen) atoms. The Morgan fingerprint density at radius 3 is 1.99 bits per heavy atom. The highest BCUT2D eigenvalue weighted by molar-refractivity contribution is 9.10. The van der Waals surface area contributed by atoms with Crippen molar-refractivity contribution in [3.63, 3.8) is 0 Å². The van der Waals surface area contributed by atoms with Gasteiger partial charge in [-0.05, 0) is 141 Å². The summed E-state index contributed by atoms with van der Waals surface area (Å²) < 4.78 is 6.85. The Kier molecular flexibility index (Phi) is 23.6. The second kappa shape index (κ2) is 30.3. The number of amides is 6. The van der Waals surface area contributed by atoms with Crippen LogP contribution in [0, 0.1) is 22.7 Å². The number of benzene rings is 2. The monoisotopic (exact) mass is 1330 g/mol. The summed E-state index contributed by atoms with van der Waals surface area (Å²) in [6, 6.07) is 16.8. The molecule has 8 atom stereocenters. The number of aliphatic hydroxyl groups excluding tert-OH is 1. The molecule has 4 aromatic rings. The van der Waals surface area contributed by atoms with Gasteiger partial charge in [0.25, 0.3) is 17.7 Å². The van der Waals surface area contributed by atoms with E-state index in [1.54, 1.807) is 61.5 Å². The first kappa shape index (κ1) is 71.6. The van der Waals surface area contributed by atoms with E-state index >= 15 is 0 Å². The molecule has 5 heterocycles. The van der Waals surface area contributed by atoms with E-state index in [2.05, 4.69) is 59.6 Å². The highest BCUT2D eigenvalue weighted by Crippen LogP contribution is 2.40. The molecule has 496 valence electrons. The number of esters is 1. The Morgan fingerprint density at radius 1 is 0.750 bits per heavy atom. The number of Topliss-reactive ketones (excluding diaryl/α,β-unsaturated/α-hetero) is 2. The van der Waals surface area contributed by atoms with Crippen molar-refractivity contribution in [2.24, 2.45) is 22.7 Å². The molecule has 2 aromatic carbocycles. The molecule has 5 aliphatic rings. The number of aliphatic hydroxyl groups is 1. The van der Waals surface area contributed by atoms with Crippen LogP contribution in [-0.4, -0.2) is 138 Å². The number of carbonyl (C=O) groups excluding carboxylic acids is 9. The second-order valence-corrected chi connectivity index (χ2v) is 27.1. The molecule has 9 rings (SSSR count). The van der Waals surface area contributed by atoms with Gasteiger partial charge in [-0.25, -0.2) is 10.9 Å². The van der Waals surface area contributed by atoms with Gasteiger partial charge in [0.1, 0.15) is 40.8 Å². The van der Waals surface area contributed by atoms with E-state index in [1.807, 2.05) is 80.6 Å². The van der Waals surface area contributed by atoms with E-state index in [4.69, 9.17) is 14.8 Å². The van der Waals surface area contributed by atoms with E-state index in [9.17, 15) is 53.1 Å². The Balaban J connectivity index is 0.000000226. The number of aliphatic carboxylic acids is 1. The minimum Gasteiger partial charge on any atom is -0.481 e. The number of hydrazine groups is 2. The normalized spacial score (nSPS) is 25.0. The number of ether oxygens (including phenoxy) is 1. The van der Waals surface area contributed by atoms with Crippen LogP contribution in [-0.2, 0) is 52.7 Å². The number of hydrogen-bond donors (Lipinski definition) is 8. The maximum atomic E-state index is 13.9. The number of nitrogens with one attached hydrogen (secondary N) is 6. The number of nitrogens with zero attached hydrogens (tertiary/aromatic N) is 4. The number of cyclic esters (lactones) is 1. The Bertz CT molecular complexity index is 3500. The lowest BCUT2D eigenvalue weighted by Gasteiger charge is -2.41. The zero-order chi connectivity index (χ0) is 67.6. The van der Waals surface area contributed by atoms with Gasteiger partial charge in [0.05, 0.1) is 45.3 Å². The zero-order valence-corrected chi connectivity index (χ0v) is 55.9. The largest absolute Gasteiger partial charge is 0.481 e. The van der Waals surface area contributed by atoms with Crippen molar-refractivity contribution < 1.29 is 62.9 Å². The van der Waals surface area contributed by atoms with Gasteiger partial charge >= 0.3 is 11.9 Å². The first-order chi connectivity index (χ1) is 43.3. The fourth-order valence-electron chi connectivity index (χ4n) is 11.7. The van der Waals surface area contributed by atoms with Crippen molar-refractivity contribution in [1.29, 1.82) is 0 Å². The van der Waals surface area contributed by atoms with Crippen LogP contribution in [0.1, 0.15) is 175 Å². The molecule has 0 radical (unpaired) electrons. The quantitative estimate of drug-likeness (QED) is 0.0563. The number of carboxylic acids is 1. The van der Waals surface area contributed by atoms with Crippen molar-refractivity contribution in [3.8, 4) is 0 Å². The molecular weight excluding hydrogens is 1240 g/mol. The molecule has 6 amide bonds. The lowest BCUT2D eigenvalue weighted by Crippen LogP contribution is -2.67. The number of rotatable bonds is 10. The van der Waals surface area contributed by atoms with Gasteiger partial charge in [0, 0.05) is 54.0 Å². The first-order valence-corrected chi connectivity index (χ1v) is 32.5. The average Bonchev–Trinajstić information content (AvgIpc) is 1.03. The second-order valence-electron chi connectivity index (χ2n) is 26.2. The molecule has 2 saturated carbocycles. The van der Waals surface area contributed by atoms with E-state index in [1.165, 1.54) is 16.1 Å². The molecule has 4 fully saturated rings. The van der Waals surface area contributed by atoms with Gasteiger partial charge in [0.2, 0.25) is 17.7 Å². The van der Waals surface area contributed by atoms with Crippen molar-refractivity contribution in [1.82, 2.24) is 52.1 Å². The lowest BCUT2D eigenvalue weighted by molar-refractivity contribution is -0.168. The fraction of sp³-hybridized carbons (Fsp3) is 0.529. The van der Waals surface area contributed by atoms with Gasteiger partial charge < -0.3 is 36.2 Å². The Hall–Kier alpha value is -7.80. The number of carbonyl (C=O) groups is 10. The van der Waals surface area contributed by atoms with Crippen molar-refractivity contribution in [3.05, 3.63) is 101 Å². The number of fused-ring (bicyclic) bond motifs is 5. The minimum absolute atomic E-state index is 0.0840. The molecule has 24 heteroatoms. The van der Waals surface area contributed by atoms with Crippen molar-refractivity contribution >= 4 is 103 Å². The van der Waals surface area contributed by atoms with Crippen molar-refractivity contribution in [2.75, 3.05) is 13.1 Å². The highest BCUT2D eigenvalue weighted by atomic mass is 79.9. The van der Waals surface area contributed by atoms with E-state index in [0.29, 0.717) is 70.2 Å². The van der Waals surface area contributed by atoms with Gasteiger partial charge in [-0.3, -0.25) is 67.9 Å². The van der Waals surface area contributed by atoms with Crippen LogP contribution in [0.4, 0.5) is 0 Å². The molecule has 2 aromatic heterocycles. The van der Waals surface area contributed by atoms with E-state index < -0.39 is 81.9 Å². The summed E-state index contributed by atoms with van der Waals surface area (Å²) in [6.45, 7) is 21.6. The van der Waals surface area contributed by atoms with Crippen LogP contribution in [0.2, 0.25) is 0 Å². The van der Waals surface area contributed by atoms with Crippen LogP contribution in [0.25, 0.3) is 27.9 Å². The summed E-state index contributed by atoms with van der Waals surface area (Å²) >= 11 is 3.46. The van der Waals surface area contributed by atoms with Gasteiger partial charge in [-0.1, -0.05) is 92.2 Å². The third kappa shape index (κ3) is 17.3. The molecule has 3 aliphatic heterocycles. The Morgan fingerprint density at radius 2 is 1.36 bits per heavy atom. The summed E-state index contributed by atoms with van der Waals surface area (Å²) in [6.07, 6.45) is 7.57. The predicted octanol–water partition coefficient (Wildman–Crippen LogP) is 7.49. The standard InChI is InChI=1S/C34H43N5O6.C25H34BrN5O4.C9H12O3/c1-20(2)28-29(41)35-22(4)30(42)39-18-6-14-33(5,38-39)31(43)36-21(3)26-10-9-24-8-7-23(19-27(24)37-26)11-15-34(32(44)45-28)16-12-25(40)13-17-34;1-14(2)21(32)22(33)27-16(4)23(34)31-12-6-11-25(5,30-31)24(35)28-15(3)19-10-8-17-7-9-18(26)13-20(17)29-19;1-2-9(8(11)12)5-3-7(10)4-6-9/h7-11,15,19-22,28,38H,6,12-14,16-18H2,1-5H3,(H,35,41)(H,36,43);7-10,13-16,21,30,32H,6,11-12H2,1-5H3,(H,27,33)(H,28,35);2H,1,3-6H2,(H,11,12)/b15-11+;;/t21-,22+,28+,33?;15-,16+,21+,25?;/m11./s1. The van der Waals surface area contributed by atoms with Crippen LogP contribution >= 0.6 is 15.9 Å². The SMILES string of the molecule is C=CC1(C(=O)O)CCC(=O)CC1.CC(C)[C@@H]1OC(=O)C2(/C=C/c3ccc4ccc(nc4c3)[C@@H](C)NC(=O)C3(C)CCCN(N3)C(=O)[C@H](C)NC1=O)CCC(=O)CC2.CC(C)[C@H](O)C(=O)N[C@@H](C)C(=O)N1CCCC(C)(C(=O)N[C@H](C)c2ccc3ccc(Br)cc3n2)N1. The lowest BCUT2D eigenvalue weighted by atomic mass is 9.73. The molecule has 8 N–H and O–H groups in total. The zero-order valence-electron chi connectivity index (χ0n) is 54.3. The average molecular weight is 1330 g/mol. The summed E-state index contributed by atoms with van der Waals surface area (Å²) in [5.41, 5.74) is 5.93. The van der Waals surface area contributed by atoms with Crippen LogP contribution < -0.4 is 32.1 Å². The smallest absolute Gasteiger partial charge is 0.316 e. The molecule has 5 bridgehead atoms. The molecular formula is C68H89BrN10O13. The third-order valence-corrected chi connectivity index (χ3v) is 18.6. The number of pyridine rings is 2. The number of halogens is 1. The molecule has 2 unspecified atom stereocenters. The van der Waals surface area contributed by atoms with Crippen LogP contribution in [0.3, 0.4) is 0 Å². The first-order valence-electron chi connectivity index (χ1n) is 31.7. The van der Waals surface area contributed by atoms with Crippen LogP contribution in [0.5, 0.6) is 0 Å². The third-order valence-electron chi connectivity index (χ3n) is 18.1. The minimum atomic E-state index is -1.19. The van der Waals surface area contributed by atoms with E-state index in [-0.39, 0.29) is 72.8 Å². The number of ketones is 2.